The summed E-state index contributed by atoms with van der Waals surface area (Å²) < 4.78 is 33.5. The van der Waals surface area contributed by atoms with Gasteiger partial charge in [0.25, 0.3) is 0 Å². The van der Waals surface area contributed by atoms with Gasteiger partial charge in [-0.05, 0) is 19.8 Å². The van der Waals surface area contributed by atoms with Crippen LogP contribution in [0.5, 0.6) is 0 Å². The van der Waals surface area contributed by atoms with Crippen molar-refractivity contribution >= 4 is 5.97 Å². The first-order valence-electron chi connectivity index (χ1n) is 6.89. The number of hydrogen-bond acceptors (Lipinski definition) is 4. The van der Waals surface area contributed by atoms with Crippen LogP contribution in [0.2, 0.25) is 0 Å². The highest BCUT2D eigenvalue weighted by atomic mass is 19.3. The minimum Gasteiger partial charge on any atom is -0.480 e. The maximum atomic E-state index is 14.4. The highest BCUT2D eigenvalue weighted by Gasteiger charge is 2.51. The largest absolute Gasteiger partial charge is 0.480 e. The molecule has 0 radical (unpaired) electrons. The van der Waals surface area contributed by atoms with Crippen LogP contribution in [-0.4, -0.2) is 21.2 Å². The standard InChI is InChI=1S/C15H14F2N2O3/c1-9-3-5-10(6-4-9)15(16,17)12-18-11(19-22-12)14(13(20)21)7-2-8-14/h3-6H,2,7-8H2,1H3,(H,20,21). The summed E-state index contributed by atoms with van der Waals surface area (Å²) in [7, 11) is 0. The van der Waals surface area contributed by atoms with Crippen LogP contribution in [0.3, 0.4) is 0 Å². The molecule has 3 rings (SSSR count). The molecule has 0 amide bonds. The minimum atomic E-state index is -3.46. The normalized spacial score (nSPS) is 17.0. The van der Waals surface area contributed by atoms with E-state index in [-0.39, 0.29) is 11.4 Å². The van der Waals surface area contributed by atoms with E-state index in [2.05, 4.69) is 14.7 Å². The van der Waals surface area contributed by atoms with Crippen molar-refractivity contribution in [2.75, 3.05) is 0 Å². The Morgan fingerprint density at radius 3 is 2.45 bits per heavy atom. The number of aromatic nitrogens is 2. The SMILES string of the molecule is Cc1ccc(C(F)(F)c2nc(C3(C(=O)O)CCC3)no2)cc1. The van der Waals surface area contributed by atoms with Gasteiger partial charge in [0.15, 0.2) is 5.82 Å². The van der Waals surface area contributed by atoms with Crippen LogP contribution in [0.15, 0.2) is 28.8 Å². The molecular weight excluding hydrogens is 294 g/mol. The molecule has 1 aromatic carbocycles. The monoisotopic (exact) mass is 308 g/mol. The predicted octanol–water partition coefficient (Wildman–Crippen LogP) is 3.02. The minimum absolute atomic E-state index is 0.173. The van der Waals surface area contributed by atoms with Crippen molar-refractivity contribution in [1.82, 2.24) is 10.1 Å². The van der Waals surface area contributed by atoms with E-state index in [1.54, 1.807) is 19.1 Å². The number of hydrogen-bond donors (Lipinski definition) is 1. The zero-order valence-electron chi connectivity index (χ0n) is 11.8. The van der Waals surface area contributed by atoms with Crippen LogP contribution in [0.25, 0.3) is 0 Å². The second kappa shape index (κ2) is 4.86. The van der Waals surface area contributed by atoms with Crippen LogP contribution < -0.4 is 0 Å². The van der Waals surface area contributed by atoms with Crippen molar-refractivity contribution in [3.8, 4) is 0 Å². The Morgan fingerprint density at radius 1 is 1.32 bits per heavy atom. The zero-order chi connectivity index (χ0) is 16.0. The molecule has 5 nitrogen and oxygen atoms in total. The average molecular weight is 308 g/mol. The number of halogens is 2. The fourth-order valence-electron chi connectivity index (χ4n) is 2.50. The third-order valence-electron chi connectivity index (χ3n) is 4.15. The lowest BCUT2D eigenvalue weighted by molar-refractivity contribution is -0.148. The second-order valence-corrected chi connectivity index (χ2v) is 5.60. The van der Waals surface area contributed by atoms with Crippen LogP contribution in [-0.2, 0) is 16.1 Å². The van der Waals surface area contributed by atoms with Gasteiger partial charge in [-0.25, -0.2) is 0 Å². The third kappa shape index (κ3) is 2.08. The maximum Gasteiger partial charge on any atom is 0.350 e. The summed E-state index contributed by atoms with van der Waals surface area (Å²) in [5, 5.41) is 12.8. The van der Waals surface area contributed by atoms with Gasteiger partial charge in [0.2, 0.25) is 0 Å². The number of nitrogens with zero attached hydrogens (tertiary/aromatic N) is 2. The molecule has 1 heterocycles. The maximum absolute atomic E-state index is 14.4. The van der Waals surface area contributed by atoms with Gasteiger partial charge >= 0.3 is 17.8 Å². The molecule has 0 unspecified atom stereocenters. The lowest BCUT2D eigenvalue weighted by Crippen LogP contribution is -2.43. The Kier molecular flexibility index (Phi) is 3.23. The first-order chi connectivity index (χ1) is 10.4. The number of aliphatic carboxylic acids is 1. The lowest BCUT2D eigenvalue weighted by Gasteiger charge is -2.34. The molecule has 0 spiro atoms. The first kappa shape index (κ1) is 14.6. The summed E-state index contributed by atoms with van der Waals surface area (Å²) in [6, 6.07) is 5.70. The molecule has 1 aliphatic rings. The van der Waals surface area contributed by atoms with Gasteiger partial charge in [-0.1, -0.05) is 41.4 Å². The molecule has 2 aromatic rings. The molecule has 22 heavy (non-hydrogen) atoms. The molecule has 1 N–H and O–H groups in total. The number of rotatable bonds is 4. The molecule has 1 aliphatic carbocycles. The van der Waals surface area contributed by atoms with Crippen molar-refractivity contribution in [2.24, 2.45) is 0 Å². The lowest BCUT2D eigenvalue weighted by atomic mass is 9.68. The summed E-state index contributed by atoms with van der Waals surface area (Å²) in [5.74, 6) is -5.61. The highest BCUT2D eigenvalue weighted by Crippen LogP contribution is 2.44. The van der Waals surface area contributed by atoms with Crippen LogP contribution in [0, 0.1) is 6.92 Å². The van der Waals surface area contributed by atoms with Crippen LogP contribution >= 0.6 is 0 Å². The molecule has 0 saturated heterocycles. The second-order valence-electron chi connectivity index (χ2n) is 5.60. The van der Waals surface area contributed by atoms with Gasteiger partial charge in [-0.2, -0.15) is 13.8 Å². The predicted molar refractivity (Wildman–Crippen MR) is 71.6 cm³/mol. The molecule has 7 heteroatoms. The summed E-state index contributed by atoms with van der Waals surface area (Å²) in [6.45, 7) is 1.79. The number of aryl methyl sites for hydroxylation is 1. The van der Waals surface area contributed by atoms with Gasteiger partial charge in [-0.3, -0.25) is 4.79 Å². The Balaban J connectivity index is 1.96. The van der Waals surface area contributed by atoms with E-state index in [9.17, 15) is 18.7 Å². The summed E-state index contributed by atoms with van der Waals surface area (Å²) >= 11 is 0. The smallest absolute Gasteiger partial charge is 0.350 e. The van der Waals surface area contributed by atoms with Crippen molar-refractivity contribution in [3.63, 3.8) is 0 Å². The fraction of sp³-hybridized carbons (Fsp3) is 0.400. The van der Waals surface area contributed by atoms with E-state index in [0.29, 0.717) is 19.3 Å². The van der Waals surface area contributed by atoms with E-state index in [0.717, 1.165) is 5.56 Å². The highest BCUT2D eigenvalue weighted by molar-refractivity contribution is 5.81. The van der Waals surface area contributed by atoms with Crippen molar-refractivity contribution in [2.45, 2.75) is 37.5 Å². The van der Waals surface area contributed by atoms with E-state index >= 15 is 0 Å². The van der Waals surface area contributed by atoms with Gasteiger partial charge in [0, 0.05) is 5.56 Å². The molecule has 116 valence electrons. The van der Waals surface area contributed by atoms with E-state index < -0.39 is 23.2 Å². The van der Waals surface area contributed by atoms with E-state index in [4.69, 9.17) is 0 Å². The molecule has 0 atom stereocenters. The zero-order valence-corrected chi connectivity index (χ0v) is 11.8. The first-order valence-corrected chi connectivity index (χ1v) is 6.89. The summed E-state index contributed by atoms with van der Waals surface area (Å²) in [5.41, 5.74) is -0.707. The van der Waals surface area contributed by atoms with Gasteiger partial charge in [0.1, 0.15) is 5.41 Å². The summed E-state index contributed by atoms with van der Waals surface area (Å²) in [6.07, 6.45) is 1.36. The molecule has 0 aliphatic heterocycles. The topological polar surface area (TPSA) is 76.2 Å². The molecular formula is C15H14F2N2O3. The van der Waals surface area contributed by atoms with E-state index in [1.807, 2.05) is 0 Å². The number of carbonyl (C=O) groups is 1. The number of carboxylic acid groups (broad SMARTS) is 1. The fourth-order valence-corrected chi connectivity index (χ4v) is 2.50. The Hall–Kier alpha value is -2.31. The molecule has 1 saturated carbocycles. The van der Waals surface area contributed by atoms with Crippen molar-refractivity contribution < 1.29 is 23.2 Å². The number of benzene rings is 1. The molecule has 1 fully saturated rings. The van der Waals surface area contributed by atoms with Gasteiger partial charge in [0.05, 0.1) is 0 Å². The molecule has 1 aromatic heterocycles. The quantitative estimate of drug-likeness (QED) is 0.939. The Bertz CT molecular complexity index is 706. The molecule has 0 bridgehead atoms. The Labute approximate surface area is 125 Å². The number of alkyl halides is 2. The van der Waals surface area contributed by atoms with Crippen molar-refractivity contribution in [1.29, 1.82) is 0 Å². The van der Waals surface area contributed by atoms with Gasteiger partial charge < -0.3 is 9.63 Å². The summed E-state index contributed by atoms with van der Waals surface area (Å²) in [4.78, 5) is 15.0. The Morgan fingerprint density at radius 2 is 1.95 bits per heavy atom. The van der Waals surface area contributed by atoms with Crippen LogP contribution in [0.4, 0.5) is 8.78 Å². The third-order valence-corrected chi connectivity index (χ3v) is 4.15. The van der Waals surface area contributed by atoms with Gasteiger partial charge in [-0.15, -0.1) is 0 Å². The van der Waals surface area contributed by atoms with E-state index in [1.165, 1.54) is 12.1 Å². The van der Waals surface area contributed by atoms with Crippen LogP contribution in [0.1, 0.15) is 42.1 Å². The average Bonchev–Trinajstić information content (AvgIpc) is 2.88. The number of carboxylic acids is 1. The van der Waals surface area contributed by atoms with Crippen molar-refractivity contribution in [3.05, 3.63) is 47.1 Å².